The highest BCUT2D eigenvalue weighted by Crippen LogP contribution is 2.77. The van der Waals surface area contributed by atoms with Crippen molar-refractivity contribution in [2.75, 3.05) is 0 Å². The van der Waals surface area contributed by atoms with Gasteiger partial charge in [0.15, 0.2) is 0 Å². The first-order chi connectivity index (χ1) is 17.0. The SMILES string of the molecule is CC1=C2C(=CC(O)C1O)[C@]1(C)CC[C@@]3(C)[C@@H]4C[C@](C)(C(=O)O)CC[C@]4(C)CC[C@]3(C)C1CC2SC(C)C. The van der Waals surface area contributed by atoms with Crippen LogP contribution >= 0.6 is 11.8 Å². The Morgan fingerprint density at radius 1 is 0.946 bits per heavy atom. The van der Waals surface area contributed by atoms with Crippen LogP contribution in [0.15, 0.2) is 22.8 Å². The lowest BCUT2D eigenvalue weighted by Crippen LogP contribution is -2.65. The monoisotopic (exact) mass is 530 g/mol. The van der Waals surface area contributed by atoms with Crippen LogP contribution in [0.2, 0.25) is 0 Å². The van der Waals surface area contributed by atoms with Crippen molar-refractivity contribution in [1.82, 2.24) is 0 Å². The fourth-order valence-electron chi connectivity index (χ4n) is 10.2. The molecule has 0 spiro atoms. The molecule has 0 aromatic carbocycles. The van der Waals surface area contributed by atoms with Crippen LogP contribution in [0.25, 0.3) is 0 Å². The third-order valence-electron chi connectivity index (χ3n) is 12.9. The molecule has 0 amide bonds. The van der Waals surface area contributed by atoms with Gasteiger partial charge in [-0.15, -0.1) is 0 Å². The van der Waals surface area contributed by atoms with Gasteiger partial charge < -0.3 is 15.3 Å². The van der Waals surface area contributed by atoms with Crippen LogP contribution in [-0.4, -0.2) is 44.0 Å². The van der Waals surface area contributed by atoms with Crippen molar-refractivity contribution in [2.45, 2.75) is 129 Å². The molecule has 0 aliphatic heterocycles. The maximum absolute atomic E-state index is 12.4. The van der Waals surface area contributed by atoms with Crippen molar-refractivity contribution >= 4 is 17.7 Å². The van der Waals surface area contributed by atoms with Crippen LogP contribution in [0.3, 0.4) is 0 Å². The minimum atomic E-state index is -0.843. The van der Waals surface area contributed by atoms with Gasteiger partial charge in [0, 0.05) is 5.25 Å². The quantitative estimate of drug-likeness (QED) is 0.366. The molecule has 0 aromatic heterocycles. The summed E-state index contributed by atoms with van der Waals surface area (Å²) in [5, 5.41) is 32.7. The maximum atomic E-state index is 12.4. The number of rotatable bonds is 3. The summed E-state index contributed by atoms with van der Waals surface area (Å²) in [5.74, 6) is 0.242. The Bertz CT molecular complexity index is 1050. The van der Waals surface area contributed by atoms with E-state index in [0.717, 1.165) is 44.1 Å². The second-order valence-electron chi connectivity index (χ2n) is 15.1. The van der Waals surface area contributed by atoms with E-state index in [9.17, 15) is 20.1 Å². The third-order valence-corrected chi connectivity index (χ3v) is 14.2. The third kappa shape index (κ3) is 3.72. The Balaban J connectivity index is 1.62. The van der Waals surface area contributed by atoms with E-state index in [2.05, 4.69) is 41.5 Å². The Kier molecular flexibility index (Phi) is 6.46. The van der Waals surface area contributed by atoms with Gasteiger partial charge in [-0.2, -0.15) is 11.8 Å². The van der Waals surface area contributed by atoms with E-state index in [-0.39, 0.29) is 21.7 Å². The molecule has 208 valence electrons. The van der Waals surface area contributed by atoms with Gasteiger partial charge in [0.2, 0.25) is 0 Å². The van der Waals surface area contributed by atoms with E-state index in [4.69, 9.17) is 0 Å². The van der Waals surface area contributed by atoms with Crippen LogP contribution in [-0.2, 0) is 4.79 Å². The number of hydrogen-bond donors (Lipinski definition) is 3. The van der Waals surface area contributed by atoms with Crippen molar-refractivity contribution in [3.63, 3.8) is 0 Å². The Hall–Kier alpha value is -0.780. The molecule has 0 aromatic rings. The molecule has 0 bridgehead atoms. The molecule has 4 fully saturated rings. The van der Waals surface area contributed by atoms with Crippen LogP contribution in [0, 0.1) is 38.9 Å². The molecule has 37 heavy (non-hydrogen) atoms. The van der Waals surface area contributed by atoms with Crippen LogP contribution in [0.4, 0.5) is 0 Å². The van der Waals surface area contributed by atoms with E-state index in [1.807, 2.05) is 31.7 Å². The first-order valence-electron chi connectivity index (χ1n) is 14.7. The summed E-state index contributed by atoms with van der Waals surface area (Å²) < 4.78 is 0. The molecule has 0 heterocycles. The number of fused-ring (bicyclic) bond motifs is 7. The highest BCUT2D eigenvalue weighted by atomic mass is 32.2. The Morgan fingerprint density at radius 3 is 2.16 bits per heavy atom. The van der Waals surface area contributed by atoms with E-state index >= 15 is 0 Å². The van der Waals surface area contributed by atoms with Crippen LogP contribution < -0.4 is 0 Å². The van der Waals surface area contributed by atoms with Gasteiger partial charge in [-0.3, -0.25) is 4.79 Å². The molecule has 5 heteroatoms. The van der Waals surface area contributed by atoms with Gasteiger partial charge >= 0.3 is 5.97 Å². The maximum Gasteiger partial charge on any atom is 0.309 e. The second kappa shape index (κ2) is 8.61. The van der Waals surface area contributed by atoms with Crippen molar-refractivity contribution in [2.24, 2.45) is 38.9 Å². The predicted molar refractivity (Wildman–Crippen MR) is 151 cm³/mol. The molecule has 0 saturated heterocycles. The highest BCUT2D eigenvalue weighted by Gasteiger charge is 2.69. The number of carboxylic acids is 1. The smallest absolute Gasteiger partial charge is 0.309 e. The summed E-state index contributed by atoms with van der Waals surface area (Å²) in [6.07, 6.45) is 8.56. The molecular formula is C32H50O4S. The second-order valence-corrected chi connectivity index (χ2v) is 16.9. The molecule has 5 rings (SSSR count). The lowest BCUT2D eigenvalue weighted by atomic mass is 9.32. The number of carbonyl (C=O) groups is 1. The van der Waals surface area contributed by atoms with Gasteiger partial charge in [-0.05, 0) is 127 Å². The van der Waals surface area contributed by atoms with Gasteiger partial charge in [-0.25, -0.2) is 0 Å². The van der Waals surface area contributed by atoms with E-state index in [0.29, 0.717) is 22.3 Å². The minimum absolute atomic E-state index is 0.0431. The Morgan fingerprint density at radius 2 is 1.54 bits per heavy atom. The molecule has 5 aliphatic rings. The van der Waals surface area contributed by atoms with Gasteiger partial charge in [0.25, 0.3) is 0 Å². The highest BCUT2D eigenvalue weighted by molar-refractivity contribution is 8.00. The number of aliphatic carboxylic acids is 1. The zero-order valence-electron chi connectivity index (χ0n) is 24.4. The standard InChI is InChI=1S/C32H50O4S/c1-18(2)37-22-16-23-30(6,20-15-21(33)26(34)19(3)25(20)22)12-14-32(8)24-17-29(5,27(35)36)10-9-28(24,4)11-13-31(23,32)7/h15,18,21-24,26,33-34H,9-14,16-17H2,1-8H3,(H,35,36)/t21?,22?,23?,24-,26?,28-,29-,30+,31-,32+/m1/s1. The number of aliphatic hydroxyl groups excluding tert-OH is 2. The van der Waals surface area contributed by atoms with E-state index in [1.165, 1.54) is 24.0 Å². The summed E-state index contributed by atoms with van der Waals surface area (Å²) in [6, 6.07) is 0. The lowest BCUT2D eigenvalue weighted by Gasteiger charge is -2.72. The summed E-state index contributed by atoms with van der Waals surface area (Å²) >= 11 is 2.02. The molecule has 5 aliphatic carbocycles. The zero-order chi connectivity index (χ0) is 27.3. The molecular weight excluding hydrogens is 480 g/mol. The number of allylic oxidation sites excluding steroid dienone is 1. The first-order valence-corrected chi connectivity index (χ1v) is 15.7. The Labute approximate surface area is 228 Å². The average Bonchev–Trinajstić information content (AvgIpc) is 2.81. The van der Waals surface area contributed by atoms with Crippen molar-refractivity contribution in [3.8, 4) is 0 Å². The average molecular weight is 531 g/mol. The summed E-state index contributed by atoms with van der Waals surface area (Å²) in [6.45, 7) is 18.5. The fourth-order valence-corrected chi connectivity index (χ4v) is 11.6. The summed E-state index contributed by atoms with van der Waals surface area (Å²) in [7, 11) is 0. The van der Waals surface area contributed by atoms with E-state index in [1.54, 1.807) is 0 Å². The van der Waals surface area contributed by atoms with Crippen LogP contribution in [0.5, 0.6) is 0 Å². The molecule has 3 N–H and O–H groups in total. The van der Waals surface area contributed by atoms with Gasteiger partial charge in [-0.1, -0.05) is 41.5 Å². The van der Waals surface area contributed by atoms with Crippen LogP contribution in [0.1, 0.15) is 107 Å². The van der Waals surface area contributed by atoms with Crippen molar-refractivity contribution in [3.05, 3.63) is 22.8 Å². The van der Waals surface area contributed by atoms with Gasteiger partial charge in [0.05, 0.1) is 5.41 Å². The van der Waals surface area contributed by atoms with E-state index < -0.39 is 23.6 Å². The molecule has 10 atom stereocenters. The number of carboxylic acid groups (broad SMARTS) is 1. The van der Waals surface area contributed by atoms with Crippen molar-refractivity contribution in [1.29, 1.82) is 0 Å². The molecule has 4 unspecified atom stereocenters. The lowest BCUT2D eigenvalue weighted by molar-refractivity contribution is -0.220. The fraction of sp³-hybridized carbons (Fsp3) is 0.844. The van der Waals surface area contributed by atoms with Gasteiger partial charge in [0.1, 0.15) is 12.2 Å². The number of hydrogen-bond acceptors (Lipinski definition) is 4. The number of aliphatic hydroxyl groups is 2. The first kappa shape index (κ1) is 27.8. The minimum Gasteiger partial charge on any atom is -0.481 e. The molecule has 0 radical (unpaired) electrons. The number of thioether (sulfide) groups is 1. The summed E-state index contributed by atoms with van der Waals surface area (Å²) in [4.78, 5) is 12.4. The van der Waals surface area contributed by atoms with Crippen molar-refractivity contribution < 1.29 is 20.1 Å². The zero-order valence-corrected chi connectivity index (χ0v) is 25.2. The molecule has 4 saturated carbocycles. The predicted octanol–water partition coefficient (Wildman–Crippen LogP) is 7.00. The molecule has 4 nitrogen and oxygen atoms in total. The normalized spacial score (nSPS) is 51.5. The largest absolute Gasteiger partial charge is 0.481 e. The summed E-state index contributed by atoms with van der Waals surface area (Å²) in [5.41, 5.74) is 3.28. The topological polar surface area (TPSA) is 77.8 Å².